The Morgan fingerprint density at radius 1 is 0.857 bits per heavy atom. The zero-order chi connectivity index (χ0) is 15.4. The molecule has 0 aromatic heterocycles. The van der Waals surface area contributed by atoms with Crippen LogP contribution in [0.2, 0.25) is 0 Å². The number of rotatable bonds is 5. The molecular formula is C15H11NO5. The molecule has 0 heterocycles. The highest BCUT2D eigenvalue weighted by Crippen LogP contribution is 2.25. The van der Waals surface area contributed by atoms with Gasteiger partial charge < -0.3 is 10.2 Å². The molecule has 0 aliphatic rings. The molecular weight excluding hydrogens is 274 g/mol. The van der Waals surface area contributed by atoms with Gasteiger partial charge in [0.1, 0.15) is 0 Å². The van der Waals surface area contributed by atoms with E-state index in [0.717, 1.165) is 0 Å². The minimum Gasteiger partial charge on any atom is -0.478 e. The fraction of sp³-hybridized carbons (Fsp3) is 0. The van der Waals surface area contributed by atoms with Crippen molar-refractivity contribution >= 4 is 29.7 Å². The molecule has 106 valence electrons. The molecule has 1 amide bonds. The second-order valence-corrected chi connectivity index (χ2v) is 4.18. The summed E-state index contributed by atoms with van der Waals surface area (Å²) in [4.78, 5) is 34.2. The molecule has 0 radical (unpaired) electrons. The Morgan fingerprint density at radius 3 is 2.00 bits per heavy atom. The summed E-state index contributed by atoms with van der Waals surface area (Å²) in [7, 11) is 0. The zero-order valence-electron chi connectivity index (χ0n) is 10.8. The average molecular weight is 285 g/mol. The summed E-state index contributed by atoms with van der Waals surface area (Å²) in [5.74, 6) is -2.16. The van der Waals surface area contributed by atoms with Crippen LogP contribution < -0.4 is 4.90 Å². The van der Waals surface area contributed by atoms with E-state index in [4.69, 9.17) is 10.2 Å². The van der Waals surface area contributed by atoms with Gasteiger partial charge in [-0.1, -0.05) is 6.07 Å². The summed E-state index contributed by atoms with van der Waals surface area (Å²) in [6.07, 6.45) is 0.538. The van der Waals surface area contributed by atoms with Crippen LogP contribution in [0.5, 0.6) is 0 Å². The van der Waals surface area contributed by atoms with Crippen molar-refractivity contribution in [3.8, 4) is 0 Å². The van der Waals surface area contributed by atoms with E-state index in [0.29, 0.717) is 17.8 Å². The summed E-state index contributed by atoms with van der Waals surface area (Å²) >= 11 is 0. The molecule has 0 unspecified atom stereocenters. The molecule has 21 heavy (non-hydrogen) atoms. The minimum atomic E-state index is -1.09. The maximum atomic E-state index is 11.3. The molecule has 2 N–H and O–H groups in total. The number of carbonyl (C=O) groups is 3. The van der Waals surface area contributed by atoms with Gasteiger partial charge in [0.15, 0.2) is 0 Å². The standard InChI is InChI=1S/C15H11NO5/c17-9-16(12-6-4-10(5-7-12)14(18)19)13-3-1-2-11(8-13)15(20)21/h1-9H,(H,18,19)(H,20,21). The quantitative estimate of drug-likeness (QED) is 0.822. The number of benzene rings is 2. The maximum absolute atomic E-state index is 11.3. The van der Waals surface area contributed by atoms with E-state index in [1.807, 2.05) is 0 Å². The Kier molecular flexibility index (Phi) is 3.99. The van der Waals surface area contributed by atoms with Crippen LogP contribution in [0.4, 0.5) is 11.4 Å². The summed E-state index contributed by atoms with van der Waals surface area (Å²) in [5, 5.41) is 17.8. The number of hydrogen-bond acceptors (Lipinski definition) is 3. The Balaban J connectivity index is 2.39. The highest BCUT2D eigenvalue weighted by molar-refractivity contribution is 5.93. The lowest BCUT2D eigenvalue weighted by molar-refractivity contribution is -0.106. The van der Waals surface area contributed by atoms with Crippen LogP contribution in [0.1, 0.15) is 20.7 Å². The molecule has 0 saturated heterocycles. The molecule has 0 spiro atoms. The molecule has 2 rings (SSSR count). The summed E-state index contributed by atoms with van der Waals surface area (Å²) in [6, 6.07) is 11.6. The SMILES string of the molecule is O=CN(c1ccc(C(=O)O)cc1)c1cccc(C(=O)O)c1. The first-order valence-electron chi connectivity index (χ1n) is 5.94. The normalized spacial score (nSPS) is 9.90. The van der Waals surface area contributed by atoms with Crippen LogP contribution in [0.3, 0.4) is 0 Å². The lowest BCUT2D eigenvalue weighted by Crippen LogP contribution is -2.14. The first-order chi connectivity index (χ1) is 10.0. The number of amides is 1. The number of carboxylic acids is 2. The second kappa shape index (κ2) is 5.87. The maximum Gasteiger partial charge on any atom is 0.335 e. The number of anilines is 2. The number of aromatic carboxylic acids is 2. The second-order valence-electron chi connectivity index (χ2n) is 4.18. The first kappa shape index (κ1) is 14.3. The van der Waals surface area contributed by atoms with E-state index in [-0.39, 0.29) is 11.1 Å². The smallest absolute Gasteiger partial charge is 0.335 e. The van der Waals surface area contributed by atoms with Gasteiger partial charge in [-0.3, -0.25) is 9.69 Å². The number of carboxylic acid groups (broad SMARTS) is 2. The van der Waals surface area contributed by atoms with Gasteiger partial charge in [-0.05, 0) is 42.5 Å². The van der Waals surface area contributed by atoms with Crippen LogP contribution >= 0.6 is 0 Å². The van der Waals surface area contributed by atoms with Crippen molar-refractivity contribution in [2.24, 2.45) is 0 Å². The van der Waals surface area contributed by atoms with Crippen LogP contribution in [0, 0.1) is 0 Å². The van der Waals surface area contributed by atoms with Gasteiger partial charge in [-0.15, -0.1) is 0 Å². The predicted molar refractivity (Wildman–Crippen MR) is 75.0 cm³/mol. The Morgan fingerprint density at radius 2 is 1.48 bits per heavy atom. The molecule has 2 aromatic rings. The van der Waals surface area contributed by atoms with Crippen LogP contribution in [-0.4, -0.2) is 28.6 Å². The lowest BCUT2D eigenvalue weighted by atomic mass is 10.1. The highest BCUT2D eigenvalue weighted by Gasteiger charge is 2.12. The van der Waals surface area contributed by atoms with Crippen molar-refractivity contribution in [2.75, 3.05) is 4.90 Å². The summed E-state index contributed by atoms with van der Waals surface area (Å²) in [5.41, 5.74) is 0.982. The summed E-state index contributed by atoms with van der Waals surface area (Å²) in [6.45, 7) is 0. The molecule has 0 bridgehead atoms. The van der Waals surface area contributed by atoms with Gasteiger partial charge in [-0.25, -0.2) is 9.59 Å². The number of hydrogen-bond donors (Lipinski definition) is 2. The van der Waals surface area contributed by atoms with E-state index >= 15 is 0 Å². The van der Waals surface area contributed by atoms with E-state index in [2.05, 4.69) is 0 Å². The Labute approximate surface area is 119 Å². The van der Waals surface area contributed by atoms with E-state index in [9.17, 15) is 14.4 Å². The average Bonchev–Trinajstić information content (AvgIpc) is 2.49. The predicted octanol–water partition coefficient (Wildman–Crippen LogP) is 2.38. The third-order valence-electron chi connectivity index (χ3n) is 2.87. The zero-order valence-corrected chi connectivity index (χ0v) is 10.8. The van der Waals surface area contributed by atoms with Gasteiger partial charge in [0.05, 0.1) is 11.1 Å². The van der Waals surface area contributed by atoms with Gasteiger partial charge in [0.2, 0.25) is 6.41 Å². The summed E-state index contributed by atoms with van der Waals surface area (Å²) < 4.78 is 0. The van der Waals surface area contributed by atoms with Gasteiger partial charge >= 0.3 is 11.9 Å². The lowest BCUT2D eigenvalue weighted by Gasteiger charge is -2.18. The molecule has 6 heteroatoms. The van der Waals surface area contributed by atoms with Gasteiger partial charge in [0, 0.05) is 11.4 Å². The van der Waals surface area contributed by atoms with Crippen molar-refractivity contribution in [3.63, 3.8) is 0 Å². The molecule has 0 aliphatic heterocycles. The first-order valence-corrected chi connectivity index (χ1v) is 5.94. The van der Waals surface area contributed by atoms with Crippen LogP contribution in [0.15, 0.2) is 48.5 Å². The third kappa shape index (κ3) is 3.06. The fourth-order valence-electron chi connectivity index (χ4n) is 1.82. The Bertz CT molecular complexity index is 693. The van der Waals surface area contributed by atoms with Crippen LogP contribution in [0.25, 0.3) is 0 Å². The van der Waals surface area contributed by atoms with E-state index in [1.54, 1.807) is 6.07 Å². The number of carbonyl (C=O) groups excluding carboxylic acids is 1. The third-order valence-corrected chi connectivity index (χ3v) is 2.87. The fourth-order valence-corrected chi connectivity index (χ4v) is 1.82. The molecule has 0 atom stereocenters. The van der Waals surface area contributed by atoms with E-state index in [1.165, 1.54) is 47.4 Å². The van der Waals surface area contributed by atoms with Crippen molar-refractivity contribution in [3.05, 3.63) is 59.7 Å². The van der Waals surface area contributed by atoms with Crippen molar-refractivity contribution in [1.82, 2.24) is 0 Å². The Hall–Kier alpha value is -3.15. The van der Waals surface area contributed by atoms with Crippen molar-refractivity contribution in [2.45, 2.75) is 0 Å². The number of nitrogens with zero attached hydrogens (tertiary/aromatic N) is 1. The van der Waals surface area contributed by atoms with Crippen LogP contribution in [-0.2, 0) is 4.79 Å². The minimum absolute atomic E-state index is 0.0570. The van der Waals surface area contributed by atoms with Crippen molar-refractivity contribution < 1.29 is 24.6 Å². The highest BCUT2D eigenvalue weighted by atomic mass is 16.4. The monoisotopic (exact) mass is 285 g/mol. The molecule has 6 nitrogen and oxygen atoms in total. The molecule has 2 aromatic carbocycles. The molecule has 0 aliphatic carbocycles. The van der Waals surface area contributed by atoms with Crippen molar-refractivity contribution in [1.29, 1.82) is 0 Å². The van der Waals surface area contributed by atoms with Gasteiger partial charge in [0.25, 0.3) is 0 Å². The molecule has 0 saturated carbocycles. The topological polar surface area (TPSA) is 94.9 Å². The largest absolute Gasteiger partial charge is 0.478 e. The molecule has 0 fully saturated rings. The van der Waals surface area contributed by atoms with E-state index < -0.39 is 11.9 Å². The van der Waals surface area contributed by atoms with Gasteiger partial charge in [-0.2, -0.15) is 0 Å².